The maximum atomic E-state index is 13.5. The lowest BCUT2D eigenvalue weighted by atomic mass is 10.2. The van der Waals surface area contributed by atoms with Gasteiger partial charge in [-0.05, 0) is 19.1 Å². The van der Waals surface area contributed by atoms with E-state index in [0.717, 1.165) is 12.1 Å². The van der Waals surface area contributed by atoms with Gasteiger partial charge < -0.3 is 9.84 Å². The Kier molecular flexibility index (Phi) is 5.69. The highest BCUT2D eigenvalue weighted by Crippen LogP contribution is 2.24. The Bertz CT molecular complexity index is 550. The predicted molar refractivity (Wildman–Crippen MR) is 69.0 cm³/mol. The average Bonchev–Trinajstić information content (AvgIpc) is 2.38. The molecule has 2 N–H and O–H groups in total. The van der Waals surface area contributed by atoms with Crippen LogP contribution in [0.2, 0.25) is 5.02 Å². The van der Waals surface area contributed by atoms with Gasteiger partial charge in [0.05, 0.1) is 22.6 Å². The van der Waals surface area contributed by atoms with Crippen molar-refractivity contribution in [2.24, 2.45) is 0 Å². The average molecular weight is 312 g/mol. The molecule has 19 heavy (non-hydrogen) atoms. The summed E-state index contributed by atoms with van der Waals surface area (Å²) in [6.45, 7) is 1.19. The Morgan fingerprint density at radius 3 is 2.68 bits per heavy atom. The van der Waals surface area contributed by atoms with E-state index in [2.05, 4.69) is 4.72 Å². The number of methoxy groups -OCH3 is 1. The summed E-state index contributed by atoms with van der Waals surface area (Å²) >= 11 is 5.60. The molecule has 0 amide bonds. The predicted octanol–water partition coefficient (Wildman–Crippen LogP) is 1.28. The van der Waals surface area contributed by atoms with E-state index in [9.17, 15) is 12.8 Å². The summed E-state index contributed by atoms with van der Waals surface area (Å²) in [4.78, 5) is -0.290. The highest BCUT2D eigenvalue weighted by Gasteiger charge is 2.19. The zero-order valence-electron chi connectivity index (χ0n) is 10.5. The molecule has 0 bridgehead atoms. The molecule has 0 spiro atoms. The number of halogens is 2. The van der Waals surface area contributed by atoms with Crippen molar-refractivity contribution in [3.05, 3.63) is 28.5 Å². The van der Waals surface area contributed by atoms with Crippen molar-refractivity contribution in [3.8, 4) is 0 Å². The number of hydrogen-bond donors (Lipinski definition) is 2. The van der Waals surface area contributed by atoms with Gasteiger partial charge in [0.2, 0.25) is 10.0 Å². The monoisotopic (exact) mass is 311 g/mol. The van der Waals surface area contributed by atoms with Crippen molar-refractivity contribution >= 4 is 21.6 Å². The highest BCUT2D eigenvalue weighted by molar-refractivity contribution is 7.89. The van der Waals surface area contributed by atoms with Crippen LogP contribution in [0.4, 0.5) is 4.39 Å². The molecule has 0 fully saturated rings. The molecule has 0 heterocycles. The Balaban J connectivity index is 3.05. The SMILES string of the molecule is COC(C)CNS(=O)(=O)c1cc(F)c(Cl)c(CO)c1. The molecule has 5 nitrogen and oxygen atoms in total. The zero-order valence-corrected chi connectivity index (χ0v) is 12.1. The molecule has 1 unspecified atom stereocenters. The maximum Gasteiger partial charge on any atom is 0.240 e. The van der Waals surface area contributed by atoms with Gasteiger partial charge in [0.15, 0.2) is 0 Å². The number of hydrogen-bond acceptors (Lipinski definition) is 4. The quantitative estimate of drug-likeness (QED) is 0.830. The number of rotatable bonds is 6. The largest absolute Gasteiger partial charge is 0.392 e. The lowest BCUT2D eigenvalue weighted by Gasteiger charge is -2.12. The Labute approximate surface area is 116 Å². The summed E-state index contributed by atoms with van der Waals surface area (Å²) in [6.07, 6.45) is -0.316. The fourth-order valence-electron chi connectivity index (χ4n) is 1.28. The van der Waals surface area contributed by atoms with Crippen LogP contribution in [-0.4, -0.2) is 33.3 Å². The molecule has 0 saturated heterocycles. The van der Waals surface area contributed by atoms with E-state index in [1.807, 2.05) is 0 Å². The number of ether oxygens (including phenoxy) is 1. The molecule has 1 rings (SSSR count). The maximum absolute atomic E-state index is 13.5. The molecule has 0 aliphatic heterocycles. The van der Waals surface area contributed by atoms with E-state index in [-0.39, 0.29) is 28.1 Å². The van der Waals surface area contributed by atoms with E-state index in [0.29, 0.717) is 0 Å². The number of benzene rings is 1. The van der Waals surface area contributed by atoms with Crippen molar-refractivity contribution in [1.82, 2.24) is 4.72 Å². The first kappa shape index (κ1) is 16.3. The number of sulfonamides is 1. The van der Waals surface area contributed by atoms with Crippen LogP contribution in [0.3, 0.4) is 0 Å². The van der Waals surface area contributed by atoms with E-state index in [4.69, 9.17) is 21.4 Å². The normalized spacial score (nSPS) is 13.5. The summed E-state index contributed by atoms with van der Waals surface area (Å²) < 4.78 is 44.5. The number of aliphatic hydroxyl groups excluding tert-OH is 1. The first-order valence-corrected chi connectivity index (χ1v) is 7.29. The van der Waals surface area contributed by atoms with Gasteiger partial charge in [-0.2, -0.15) is 0 Å². The molecule has 1 aromatic carbocycles. The van der Waals surface area contributed by atoms with Gasteiger partial charge in [-0.25, -0.2) is 17.5 Å². The summed E-state index contributed by atoms with van der Waals surface area (Å²) in [5.74, 6) is -0.895. The van der Waals surface area contributed by atoms with Gasteiger partial charge in [0, 0.05) is 19.2 Å². The Hall–Kier alpha value is -0.730. The lowest BCUT2D eigenvalue weighted by Crippen LogP contribution is -2.31. The molecule has 0 saturated carbocycles. The second-order valence-electron chi connectivity index (χ2n) is 3.93. The summed E-state index contributed by atoms with van der Waals surface area (Å²) in [5.41, 5.74) is 0.0156. The molecule has 108 valence electrons. The summed E-state index contributed by atoms with van der Waals surface area (Å²) in [6, 6.07) is 1.94. The van der Waals surface area contributed by atoms with E-state index in [1.54, 1.807) is 6.92 Å². The van der Waals surface area contributed by atoms with Gasteiger partial charge in [0.25, 0.3) is 0 Å². The summed E-state index contributed by atoms with van der Waals surface area (Å²) in [5, 5.41) is 8.72. The van der Waals surface area contributed by atoms with Crippen LogP contribution in [0.15, 0.2) is 17.0 Å². The van der Waals surface area contributed by atoms with Crippen LogP contribution in [0, 0.1) is 5.82 Å². The van der Waals surface area contributed by atoms with Crippen molar-refractivity contribution < 1.29 is 22.7 Å². The molecule has 0 aliphatic rings. The van der Waals surface area contributed by atoms with Crippen LogP contribution in [0.5, 0.6) is 0 Å². The second-order valence-corrected chi connectivity index (χ2v) is 6.08. The van der Waals surface area contributed by atoms with Crippen LogP contribution in [0.25, 0.3) is 0 Å². The van der Waals surface area contributed by atoms with Crippen molar-refractivity contribution in [2.75, 3.05) is 13.7 Å². The fourth-order valence-corrected chi connectivity index (χ4v) is 2.63. The molecule has 8 heteroatoms. The van der Waals surface area contributed by atoms with E-state index < -0.39 is 22.4 Å². The van der Waals surface area contributed by atoms with Crippen LogP contribution < -0.4 is 4.72 Å². The third-order valence-corrected chi connectivity index (χ3v) is 4.35. The number of nitrogens with one attached hydrogen (secondary N) is 1. The fraction of sp³-hybridized carbons (Fsp3) is 0.455. The van der Waals surface area contributed by atoms with Crippen LogP contribution >= 0.6 is 11.6 Å². The van der Waals surface area contributed by atoms with Crippen molar-refractivity contribution in [2.45, 2.75) is 24.5 Å². The first-order chi connectivity index (χ1) is 8.81. The molecular formula is C11H15ClFNO4S. The molecule has 0 radical (unpaired) electrons. The minimum atomic E-state index is -3.88. The summed E-state index contributed by atoms with van der Waals surface area (Å²) in [7, 11) is -2.43. The van der Waals surface area contributed by atoms with Gasteiger partial charge in [-0.3, -0.25) is 0 Å². The zero-order chi connectivity index (χ0) is 14.6. The third kappa shape index (κ3) is 4.12. The molecule has 0 aromatic heterocycles. The van der Waals surface area contributed by atoms with Crippen LogP contribution in [0.1, 0.15) is 12.5 Å². The van der Waals surface area contributed by atoms with Gasteiger partial charge >= 0.3 is 0 Å². The molecule has 0 aliphatic carbocycles. The topological polar surface area (TPSA) is 75.6 Å². The molecular weight excluding hydrogens is 297 g/mol. The second kappa shape index (κ2) is 6.62. The van der Waals surface area contributed by atoms with Crippen molar-refractivity contribution in [3.63, 3.8) is 0 Å². The molecule has 1 atom stereocenters. The third-order valence-electron chi connectivity index (χ3n) is 2.52. The standard InChI is InChI=1S/C11H15ClFNO4S/c1-7(18-2)5-14-19(16,17)9-3-8(6-15)11(12)10(13)4-9/h3-4,7,14-15H,5-6H2,1-2H3. The van der Waals surface area contributed by atoms with E-state index in [1.165, 1.54) is 7.11 Å². The van der Waals surface area contributed by atoms with Gasteiger partial charge in [-0.1, -0.05) is 11.6 Å². The first-order valence-electron chi connectivity index (χ1n) is 5.43. The van der Waals surface area contributed by atoms with Gasteiger partial charge in [0.1, 0.15) is 5.82 Å². The Morgan fingerprint density at radius 2 is 2.16 bits per heavy atom. The van der Waals surface area contributed by atoms with Gasteiger partial charge in [-0.15, -0.1) is 0 Å². The molecule has 1 aromatic rings. The minimum absolute atomic E-state index is 0.0156. The lowest BCUT2D eigenvalue weighted by molar-refractivity contribution is 0.122. The smallest absolute Gasteiger partial charge is 0.240 e. The van der Waals surface area contributed by atoms with Crippen molar-refractivity contribution in [1.29, 1.82) is 0 Å². The number of aliphatic hydroxyl groups is 1. The minimum Gasteiger partial charge on any atom is -0.392 e. The van der Waals surface area contributed by atoms with Crippen LogP contribution in [-0.2, 0) is 21.4 Å². The van der Waals surface area contributed by atoms with E-state index >= 15 is 0 Å². The Morgan fingerprint density at radius 1 is 1.53 bits per heavy atom. The highest BCUT2D eigenvalue weighted by atomic mass is 35.5.